The van der Waals surface area contributed by atoms with Gasteiger partial charge in [0.05, 0.1) is 11.5 Å². The first-order valence-electron chi connectivity index (χ1n) is 12.8. The first-order valence-corrected chi connectivity index (χ1v) is 12.8. The second kappa shape index (κ2) is 11.4. The Balaban J connectivity index is 1.50. The van der Waals surface area contributed by atoms with E-state index in [1.54, 1.807) is 12.0 Å². The van der Waals surface area contributed by atoms with Gasteiger partial charge < -0.3 is 14.7 Å². The number of aliphatic hydroxyl groups excluding tert-OH is 1. The predicted octanol–water partition coefficient (Wildman–Crippen LogP) is 3.39. The molecule has 4 rings (SSSR count). The summed E-state index contributed by atoms with van der Waals surface area (Å²) in [6, 6.07) is 17.2. The van der Waals surface area contributed by atoms with E-state index < -0.39 is 11.5 Å². The van der Waals surface area contributed by atoms with Crippen molar-refractivity contribution >= 4 is 17.7 Å². The molecular weight excluding hydrogens is 456 g/mol. The molecule has 2 atom stereocenters. The number of hydrogen-bond acceptors (Lipinski definition) is 5. The summed E-state index contributed by atoms with van der Waals surface area (Å²) < 4.78 is 5.10. The lowest BCUT2D eigenvalue weighted by Crippen LogP contribution is -2.46. The number of nitrogens with zero attached hydrogens (tertiary/aromatic N) is 2. The number of benzene rings is 2. The maximum absolute atomic E-state index is 13.8. The lowest BCUT2D eigenvalue weighted by molar-refractivity contribution is -0.143. The predicted molar refractivity (Wildman–Crippen MR) is 136 cm³/mol. The van der Waals surface area contributed by atoms with Gasteiger partial charge in [-0.15, -0.1) is 0 Å². The largest absolute Gasteiger partial charge is 0.388 e. The van der Waals surface area contributed by atoms with Crippen molar-refractivity contribution in [2.75, 3.05) is 33.4 Å². The Morgan fingerprint density at radius 2 is 1.75 bits per heavy atom. The molecule has 1 N–H and O–H groups in total. The van der Waals surface area contributed by atoms with Crippen molar-refractivity contribution in [1.29, 1.82) is 0 Å². The minimum absolute atomic E-state index is 0.00139. The number of hydrogen-bond donors (Lipinski definition) is 1. The first kappa shape index (κ1) is 26.0. The summed E-state index contributed by atoms with van der Waals surface area (Å²) in [5, 5.41) is 10.8. The fourth-order valence-electron chi connectivity index (χ4n) is 5.70. The van der Waals surface area contributed by atoms with E-state index in [4.69, 9.17) is 4.74 Å². The number of likely N-dealkylation sites (tertiary alicyclic amines) is 2. The van der Waals surface area contributed by atoms with Gasteiger partial charge in [0.15, 0.2) is 0 Å². The van der Waals surface area contributed by atoms with Crippen molar-refractivity contribution in [1.82, 2.24) is 9.80 Å². The molecule has 2 aliphatic heterocycles. The normalized spacial score (nSPS) is 21.8. The molecular formula is C29H36N2O5. The van der Waals surface area contributed by atoms with Crippen LogP contribution >= 0.6 is 0 Å². The van der Waals surface area contributed by atoms with Crippen molar-refractivity contribution in [2.45, 2.75) is 50.5 Å². The Hall–Kier alpha value is -3.03. The van der Waals surface area contributed by atoms with E-state index in [0.29, 0.717) is 39.0 Å². The topological polar surface area (TPSA) is 87.2 Å². The lowest BCUT2D eigenvalue weighted by atomic mass is 9.73. The molecule has 0 aromatic heterocycles. The van der Waals surface area contributed by atoms with Gasteiger partial charge in [-0.1, -0.05) is 54.6 Å². The number of imide groups is 1. The van der Waals surface area contributed by atoms with E-state index in [1.807, 2.05) is 61.5 Å². The molecule has 2 aromatic carbocycles. The third-order valence-corrected chi connectivity index (χ3v) is 7.73. The van der Waals surface area contributed by atoms with Gasteiger partial charge >= 0.3 is 0 Å². The molecule has 2 aliphatic rings. The third-order valence-electron chi connectivity index (χ3n) is 7.73. The van der Waals surface area contributed by atoms with Crippen LogP contribution in [0.4, 0.5) is 0 Å². The summed E-state index contributed by atoms with van der Waals surface area (Å²) in [6.07, 6.45) is 1.35. The smallest absolute Gasteiger partial charge is 0.240 e. The van der Waals surface area contributed by atoms with Crippen LogP contribution in [0.15, 0.2) is 54.6 Å². The van der Waals surface area contributed by atoms with Gasteiger partial charge in [0, 0.05) is 46.2 Å². The second-order valence-corrected chi connectivity index (χ2v) is 10.0. The number of aryl methyl sites for hydroxylation is 1. The summed E-state index contributed by atoms with van der Waals surface area (Å²) in [5.74, 6) is -0.573. The Kier molecular flexibility index (Phi) is 8.21. The Bertz CT molecular complexity index is 1080. The quantitative estimate of drug-likeness (QED) is 0.428. The molecule has 0 aliphatic carbocycles. The highest BCUT2D eigenvalue weighted by molar-refractivity contribution is 6.11. The molecule has 3 amide bonds. The fraction of sp³-hybridized carbons (Fsp3) is 0.483. The van der Waals surface area contributed by atoms with E-state index >= 15 is 0 Å². The highest BCUT2D eigenvalue weighted by atomic mass is 16.5. The monoisotopic (exact) mass is 492 g/mol. The van der Waals surface area contributed by atoms with Crippen LogP contribution in [0.2, 0.25) is 0 Å². The Morgan fingerprint density at radius 3 is 2.42 bits per heavy atom. The minimum Gasteiger partial charge on any atom is -0.388 e. The molecule has 2 aromatic rings. The van der Waals surface area contributed by atoms with Gasteiger partial charge in [0.2, 0.25) is 17.7 Å². The molecule has 192 valence electrons. The van der Waals surface area contributed by atoms with Crippen molar-refractivity contribution in [3.63, 3.8) is 0 Å². The molecule has 0 radical (unpaired) electrons. The molecule has 0 bridgehead atoms. The number of rotatable bonds is 9. The number of carbonyl (C=O) groups is 3. The summed E-state index contributed by atoms with van der Waals surface area (Å²) in [5.41, 5.74) is 1.35. The molecule has 36 heavy (non-hydrogen) atoms. The zero-order valence-corrected chi connectivity index (χ0v) is 21.2. The summed E-state index contributed by atoms with van der Waals surface area (Å²) >= 11 is 0. The highest BCUT2D eigenvalue weighted by Crippen LogP contribution is 2.42. The molecule has 2 saturated heterocycles. The average molecular weight is 493 g/mol. The van der Waals surface area contributed by atoms with Crippen molar-refractivity contribution in [3.05, 3.63) is 71.3 Å². The maximum atomic E-state index is 13.8. The number of amides is 3. The van der Waals surface area contributed by atoms with Crippen LogP contribution in [-0.4, -0.2) is 66.0 Å². The van der Waals surface area contributed by atoms with Crippen molar-refractivity contribution in [2.24, 2.45) is 5.92 Å². The summed E-state index contributed by atoms with van der Waals surface area (Å²) in [4.78, 5) is 43.4. The van der Waals surface area contributed by atoms with Gasteiger partial charge in [-0.3, -0.25) is 19.3 Å². The number of aliphatic hydroxyl groups is 1. The van der Waals surface area contributed by atoms with Crippen LogP contribution < -0.4 is 0 Å². The van der Waals surface area contributed by atoms with E-state index in [0.717, 1.165) is 16.7 Å². The van der Waals surface area contributed by atoms with Crippen LogP contribution in [-0.2, 0) is 24.5 Å². The van der Waals surface area contributed by atoms with Crippen LogP contribution in [0.1, 0.15) is 54.9 Å². The van der Waals surface area contributed by atoms with Gasteiger partial charge in [0.25, 0.3) is 0 Å². The Labute approximate surface area is 213 Å². The standard InChI is InChI=1S/C29H36N2O5/c1-21-9-6-7-12-24(21)29(20-26(33)31(28(29)35)15-8-18-36-2)19-25(32)30-16-13-23(14-17-30)27(34)22-10-4-3-5-11-22/h3-7,9-12,23,27,34H,8,13-20H2,1-2H3/t27-,29+/m1/s1. The third kappa shape index (κ3) is 5.22. The lowest BCUT2D eigenvalue weighted by Gasteiger charge is -2.36. The number of methoxy groups -OCH3 is 1. The SMILES string of the molecule is COCCCN1C(=O)C[C@@](CC(=O)N2CCC([C@H](O)c3ccccc3)CC2)(c2ccccc2C)C1=O. The fourth-order valence-corrected chi connectivity index (χ4v) is 5.70. The van der Waals surface area contributed by atoms with Crippen molar-refractivity contribution < 1.29 is 24.2 Å². The number of carbonyl (C=O) groups excluding carboxylic acids is 3. The van der Waals surface area contributed by atoms with Crippen LogP contribution in [0.5, 0.6) is 0 Å². The molecule has 0 unspecified atom stereocenters. The van der Waals surface area contributed by atoms with E-state index in [-0.39, 0.29) is 43.0 Å². The molecule has 7 nitrogen and oxygen atoms in total. The molecule has 7 heteroatoms. The molecule has 2 heterocycles. The average Bonchev–Trinajstić information content (AvgIpc) is 3.13. The van der Waals surface area contributed by atoms with Gasteiger partial charge in [-0.05, 0) is 48.8 Å². The molecule has 0 spiro atoms. The second-order valence-electron chi connectivity index (χ2n) is 10.0. The van der Waals surface area contributed by atoms with Crippen LogP contribution in [0.3, 0.4) is 0 Å². The van der Waals surface area contributed by atoms with E-state index in [9.17, 15) is 19.5 Å². The summed E-state index contributed by atoms with van der Waals surface area (Å²) in [6.45, 7) is 3.71. The number of piperidine rings is 1. The van der Waals surface area contributed by atoms with Crippen LogP contribution in [0, 0.1) is 12.8 Å². The van der Waals surface area contributed by atoms with E-state index in [2.05, 4.69) is 0 Å². The zero-order chi connectivity index (χ0) is 25.7. The van der Waals surface area contributed by atoms with Gasteiger partial charge in [-0.25, -0.2) is 0 Å². The minimum atomic E-state index is -1.19. The zero-order valence-electron chi connectivity index (χ0n) is 21.2. The highest BCUT2D eigenvalue weighted by Gasteiger charge is 2.54. The van der Waals surface area contributed by atoms with E-state index in [1.165, 1.54) is 4.90 Å². The molecule has 0 saturated carbocycles. The first-order chi connectivity index (χ1) is 17.4. The molecule has 2 fully saturated rings. The maximum Gasteiger partial charge on any atom is 0.240 e. The van der Waals surface area contributed by atoms with Crippen LogP contribution in [0.25, 0.3) is 0 Å². The van der Waals surface area contributed by atoms with Crippen molar-refractivity contribution in [3.8, 4) is 0 Å². The van der Waals surface area contributed by atoms with Gasteiger partial charge in [0.1, 0.15) is 0 Å². The van der Waals surface area contributed by atoms with Gasteiger partial charge in [-0.2, -0.15) is 0 Å². The summed E-state index contributed by atoms with van der Waals surface area (Å²) in [7, 11) is 1.59. The number of ether oxygens (including phenoxy) is 1. The Morgan fingerprint density at radius 1 is 1.08 bits per heavy atom.